The van der Waals surface area contributed by atoms with E-state index in [1.807, 2.05) is 0 Å². The Labute approximate surface area is 155 Å². The van der Waals surface area contributed by atoms with Crippen LogP contribution in [0, 0.1) is 0 Å². The van der Waals surface area contributed by atoms with Gasteiger partial charge in [0.1, 0.15) is 0 Å². The molecular formula is C19H27NO5S. The van der Waals surface area contributed by atoms with Gasteiger partial charge in [0.05, 0.1) is 11.3 Å². The molecule has 0 radical (unpaired) electrons. The van der Waals surface area contributed by atoms with Gasteiger partial charge >= 0.3 is 5.97 Å². The summed E-state index contributed by atoms with van der Waals surface area (Å²) in [6.45, 7) is 1.55. The van der Waals surface area contributed by atoms with Gasteiger partial charge < -0.3 is 10.1 Å². The molecule has 1 N–H and O–H groups in total. The van der Waals surface area contributed by atoms with E-state index in [-0.39, 0.29) is 23.3 Å². The molecule has 2 rings (SSSR count). The third-order valence-corrected chi connectivity index (χ3v) is 5.30. The van der Waals surface area contributed by atoms with E-state index in [1.165, 1.54) is 18.9 Å². The Morgan fingerprint density at radius 1 is 1.19 bits per heavy atom. The minimum absolute atomic E-state index is 0.143. The highest BCUT2D eigenvalue weighted by atomic mass is 32.2. The normalized spacial score (nSPS) is 17.2. The van der Waals surface area contributed by atoms with E-state index in [2.05, 4.69) is 5.32 Å². The van der Waals surface area contributed by atoms with E-state index in [1.54, 1.807) is 25.1 Å². The first kappa shape index (κ1) is 20.4. The standard InChI is InChI=1S/C19H27NO5S/c1-14(18(21)20-17-10-5-3-4-6-11-17)25-19(22)16-9-7-8-15(12-16)13-26(2,23)24/h7-9,12,14,17H,3-6,10-11,13H2,1-2H3,(H,20,21)/t14-/m0/s1. The van der Waals surface area contributed by atoms with Gasteiger partial charge in [0.2, 0.25) is 0 Å². The van der Waals surface area contributed by atoms with E-state index in [0.29, 0.717) is 5.56 Å². The summed E-state index contributed by atoms with van der Waals surface area (Å²) in [4.78, 5) is 24.6. The van der Waals surface area contributed by atoms with Crippen LogP contribution in [0.15, 0.2) is 24.3 Å². The van der Waals surface area contributed by atoms with Crippen LogP contribution in [0.4, 0.5) is 0 Å². The smallest absolute Gasteiger partial charge is 0.338 e. The van der Waals surface area contributed by atoms with Crippen LogP contribution in [-0.2, 0) is 25.1 Å². The summed E-state index contributed by atoms with van der Waals surface area (Å²) in [5.74, 6) is -1.08. The number of carbonyl (C=O) groups is 2. The zero-order chi connectivity index (χ0) is 19.2. The van der Waals surface area contributed by atoms with Crippen LogP contribution in [0.25, 0.3) is 0 Å². The number of ether oxygens (including phenoxy) is 1. The summed E-state index contributed by atoms with van der Waals surface area (Å²) in [6.07, 6.45) is 6.75. The van der Waals surface area contributed by atoms with Gasteiger partial charge in [-0.1, -0.05) is 37.8 Å². The number of nitrogens with one attached hydrogen (secondary N) is 1. The molecule has 0 heterocycles. The molecule has 0 bridgehead atoms. The molecule has 1 amide bonds. The average Bonchev–Trinajstić information content (AvgIpc) is 2.82. The van der Waals surface area contributed by atoms with Gasteiger partial charge in [0.25, 0.3) is 5.91 Å². The minimum atomic E-state index is -3.19. The van der Waals surface area contributed by atoms with E-state index in [9.17, 15) is 18.0 Å². The number of amides is 1. The van der Waals surface area contributed by atoms with Crippen molar-refractivity contribution in [2.75, 3.05) is 6.26 Å². The second kappa shape index (κ2) is 9.16. The second-order valence-corrected chi connectivity index (χ2v) is 9.16. The van der Waals surface area contributed by atoms with Crippen molar-refractivity contribution in [2.45, 2.75) is 63.3 Å². The Hall–Kier alpha value is -1.89. The number of carbonyl (C=O) groups excluding carboxylic acids is 2. The van der Waals surface area contributed by atoms with Crippen molar-refractivity contribution in [3.63, 3.8) is 0 Å². The first-order valence-electron chi connectivity index (χ1n) is 9.02. The molecule has 1 aromatic rings. The van der Waals surface area contributed by atoms with Crippen molar-refractivity contribution < 1.29 is 22.7 Å². The molecule has 1 atom stereocenters. The van der Waals surface area contributed by atoms with Gasteiger partial charge in [-0.3, -0.25) is 4.79 Å². The van der Waals surface area contributed by atoms with Crippen LogP contribution in [0.1, 0.15) is 61.4 Å². The van der Waals surface area contributed by atoms with Crippen molar-refractivity contribution in [1.82, 2.24) is 5.32 Å². The number of benzene rings is 1. The first-order valence-corrected chi connectivity index (χ1v) is 11.1. The lowest BCUT2D eigenvalue weighted by Gasteiger charge is -2.19. The van der Waals surface area contributed by atoms with Crippen LogP contribution < -0.4 is 5.32 Å². The topological polar surface area (TPSA) is 89.5 Å². The Balaban J connectivity index is 1.93. The molecular weight excluding hydrogens is 354 g/mol. The SMILES string of the molecule is C[C@H](OC(=O)c1cccc(CS(C)(=O)=O)c1)C(=O)NC1CCCCCC1. The van der Waals surface area contributed by atoms with Crippen molar-refractivity contribution in [2.24, 2.45) is 0 Å². The summed E-state index contributed by atoms with van der Waals surface area (Å²) < 4.78 is 28.0. The number of hydrogen-bond acceptors (Lipinski definition) is 5. The van der Waals surface area contributed by atoms with E-state index in [4.69, 9.17) is 4.74 Å². The summed E-state index contributed by atoms with van der Waals surface area (Å²) in [5.41, 5.74) is 0.748. The van der Waals surface area contributed by atoms with E-state index in [0.717, 1.165) is 31.9 Å². The summed E-state index contributed by atoms with van der Waals surface area (Å²) in [5, 5.41) is 2.96. The molecule has 1 saturated carbocycles. The van der Waals surface area contributed by atoms with Crippen LogP contribution >= 0.6 is 0 Å². The molecule has 1 aliphatic rings. The minimum Gasteiger partial charge on any atom is -0.449 e. The molecule has 6 nitrogen and oxygen atoms in total. The fourth-order valence-corrected chi connectivity index (χ4v) is 3.90. The van der Waals surface area contributed by atoms with Crippen molar-refractivity contribution in [1.29, 1.82) is 0 Å². The van der Waals surface area contributed by atoms with Crippen molar-refractivity contribution >= 4 is 21.7 Å². The van der Waals surface area contributed by atoms with Gasteiger partial charge in [-0.05, 0) is 37.5 Å². The van der Waals surface area contributed by atoms with Crippen LogP contribution in [0.2, 0.25) is 0 Å². The van der Waals surface area contributed by atoms with Gasteiger partial charge in [0, 0.05) is 12.3 Å². The van der Waals surface area contributed by atoms with Gasteiger partial charge in [-0.25, -0.2) is 13.2 Å². The van der Waals surface area contributed by atoms with Crippen LogP contribution in [0.3, 0.4) is 0 Å². The summed E-state index contributed by atoms with van der Waals surface area (Å²) >= 11 is 0. The average molecular weight is 381 g/mol. The lowest BCUT2D eigenvalue weighted by molar-refractivity contribution is -0.129. The molecule has 26 heavy (non-hydrogen) atoms. The molecule has 0 unspecified atom stereocenters. The molecule has 1 aromatic carbocycles. The maximum Gasteiger partial charge on any atom is 0.338 e. The quantitative estimate of drug-likeness (QED) is 0.604. The third-order valence-electron chi connectivity index (χ3n) is 4.45. The number of hydrogen-bond donors (Lipinski definition) is 1. The van der Waals surface area contributed by atoms with E-state index < -0.39 is 21.9 Å². The molecule has 144 valence electrons. The summed E-state index contributed by atoms with van der Waals surface area (Å²) in [7, 11) is -3.19. The largest absolute Gasteiger partial charge is 0.449 e. The number of sulfone groups is 1. The predicted molar refractivity (Wildman–Crippen MR) is 99.5 cm³/mol. The van der Waals surface area contributed by atoms with Gasteiger partial charge in [0.15, 0.2) is 15.9 Å². The first-order chi connectivity index (χ1) is 12.2. The zero-order valence-electron chi connectivity index (χ0n) is 15.4. The predicted octanol–water partition coefficient (Wildman–Crippen LogP) is 2.62. The van der Waals surface area contributed by atoms with Crippen LogP contribution in [0.5, 0.6) is 0 Å². The molecule has 1 aliphatic carbocycles. The second-order valence-electron chi connectivity index (χ2n) is 7.02. The fourth-order valence-electron chi connectivity index (χ4n) is 3.12. The molecule has 1 fully saturated rings. The van der Waals surface area contributed by atoms with Gasteiger partial charge in [-0.2, -0.15) is 0 Å². The Morgan fingerprint density at radius 3 is 2.46 bits per heavy atom. The Morgan fingerprint density at radius 2 is 1.85 bits per heavy atom. The monoisotopic (exact) mass is 381 g/mol. The number of esters is 1. The van der Waals surface area contributed by atoms with Crippen molar-refractivity contribution in [3.8, 4) is 0 Å². The highest BCUT2D eigenvalue weighted by Gasteiger charge is 2.22. The fraction of sp³-hybridized carbons (Fsp3) is 0.579. The third kappa shape index (κ3) is 6.78. The van der Waals surface area contributed by atoms with Crippen LogP contribution in [-0.4, -0.2) is 38.7 Å². The highest BCUT2D eigenvalue weighted by Crippen LogP contribution is 2.17. The molecule has 0 aliphatic heterocycles. The number of rotatable bonds is 6. The molecule has 0 aromatic heterocycles. The maximum atomic E-state index is 12.3. The lowest BCUT2D eigenvalue weighted by atomic mass is 10.1. The Kier molecular flexibility index (Phi) is 7.20. The van der Waals surface area contributed by atoms with Crippen molar-refractivity contribution in [3.05, 3.63) is 35.4 Å². The Bertz CT molecular complexity index is 736. The molecule has 7 heteroatoms. The lowest BCUT2D eigenvalue weighted by Crippen LogP contribution is -2.41. The molecule has 0 saturated heterocycles. The van der Waals surface area contributed by atoms with Gasteiger partial charge in [-0.15, -0.1) is 0 Å². The highest BCUT2D eigenvalue weighted by molar-refractivity contribution is 7.89. The zero-order valence-corrected chi connectivity index (χ0v) is 16.2. The summed E-state index contributed by atoms with van der Waals surface area (Å²) in [6, 6.07) is 6.42. The van der Waals surface area contributed by atoms with E-state index >= 15 is 0 Å². The maximum absolute atomic E-state index is 12.3. The molecule has 0 spiro atoms.